The van der Waals surface area contributed by atoms with Gasteiger partial charge in [-0.3, -0.25) is 0 Å². The zero-order chi connectivity index (χ0) is 7.11. The molecule has 9 heavy (non-hydrogen) atoms. The first-order valence-electron chi connectivity index (χ1n) is 3.15. The van der Waals surface area contributed by atoms with Crippen LogP contribution in [0.2, 0.25) is 0 Å². The number of rotatable bonds is 5. The van der Waals surface area contributed by atoms with Crippen molar-refractivity contribution >= 4 is 18.1 Å². The highest BCUT2D eigenvalue weighted by atomic mass is 32.7. The Balaban J connectivity index is 2.92. The van der Waals surface area contributed by atoms with Crippen molar-refractivity contribution in [2.75, 3.05) is 6.16 Å². The van der Waals surface area contributed by atoms with E-state index in [2.05, 4.69) is 6.92 Å². The first-order valence-corrected chi connectivity index (χ1v) is 6.38. The molecule has 0 spiro atoms. The van der Waals surface area contributed by atoms with E-state index in [1.807, 2.05) is 0 Å². The minimum absolute atomic E-state index is 0.152. The minimum atomic E-state index is -2.09. The highest BCUT2D eigenvalue weighted by molar-refractivity contribution is 8.32. The molecule has 0 aromatic carbocycles. The standard InChI is InChI=1S/C5H13O2PS/c1-2-3-4-5-8-9(6)7/h8-9H,2-5H2,1H3. The molecule has 0 aromatic heterocycles. The number of hydrogen-bond donors (Lipinski definition) is 1. The van der Waals surface area contributed by atoms with E-state index in [4.69, 9.17) is 0 Å². The number of hydrogen-bond acceptors (Lipinski definition) is 2. The second kappa shape index (κ2) is 6.50. The van der Waals surface area contributed by atoms with Crippen LogP contribution in [0, 0.1) is 0 Å². The third kappa shape index (κ3) is 8.38. The van der Waals surface area contributed by atoms with Crippen molar-refractivity contribution < 1.29 is 8.42 Å². The quantitative estimate of drug-likeness (QED) is 0.382. The molecule has 0 heterocycles. The SMILES string of the molecule is CCCCCP[SH](=O)=O. The van der Waals surface area contributed by atoms with Gasteiger partial charge in [-0.1, -0.05) is 19.8 Å². The van der Waals surface area contributed by atoms with Crippen molar-refractivity contribution in [2.24, 2.45) is 0 Å². The predicted molar refractivity (Wildman–Crippen MR) is 43.0 cm³/mol. The summed E-state index contributed by atoms with van der Waals surface area (Å²) in [7, 11) is -1.94. The van der Waals surface area contributed by atoms with Crippen LogP contribution in [0.5, 0.6) is 0 Å². The largest absolute Gasteiger partial charge is 0.228 e. The molecule has 0 radical (unpaired) electrons. The molecule has 0 bridgehead atoms. The van der Waals surface area contributed by atoms with Crippen molar-refractivity contribution in [1.29, 1.82) is 0 Å². The molecule has 0 fully saturated rings. The van der Waals surface area contributed by atoms with Gasteiger partial charge in [-0.05, 0) is 12.6 Å². The summed E-state index contributed by atoms with van der Waals surface area (Å²) in [6.07, 6.45) is 4.26. The Kier molecular flexibility index (Phi) is 6.77. The fraction of sp³-hybridized carbons (Fsp3) is 1.00. The second-order valence-corrected chi connectivity index (χ2v) is 5.25. The molecule has 56 valence electrons. The summed E-state index contributed by atoms with van der Waals surface area (Å²) in [5.41, 5.74) is 0. The van der Waals surface area contributed by atoms with E-state index >= 15 is 0 Å². The second-order valence-electron chi connectivity index (χ2n) is 1.87. The Hall–Kier alpha value is 0.380. The highest BCUT2D eigenvalue weighted by Gasteiger charge is 1.87. The first-order chi connectivity index (χ1) is 4.27. The average Bonchev–Trinajstić information content (AvgIpc) is 1.80. The molecule has 0 saturated carbocycles. The lowest BCUT2D eigenvalue weighted by molar-refractivity contribution is 0.626. The third-order valence-corrected chi connectivity index (χ3v) is 3.30. The Morgan fingerprint density at radius 1 is 1.33 bits per heavy atom. The maximum atomic E-state index is 10.0. The van der Waals surface area contributed by atoms with Crippen LogP contribution in [0.15, 0.2) is 0 Å². The van der Waals surface area contributed by atoms with Gasteiger partial charge in [0.2, 0.25) is 0 Å². The van der Waals surface area contributed by atoms with Gasteiger partial charge in [0.05, 0.1) is 0 Å². The van der Waals surface area contributed by atoms with Gasteiger partial charge in [0.15, 0.2) is 10.3 Å². The van der Waals surface area contributed by atoms with E-state index in [0.717, 1.165) is 19.0 Å². The summed E-state index contributed by atoms with van der Waals surface area (Å²) in [5, 5.41) is 0. The van der Waals surface area contributed by atoms with E-state index in [1.165, 1.54) is 6.42 Å². The van der Waals surface area contributed by atoms with Gasteiger partial charge < -0.3 is 0 Å². The molecule has 0 rings (SSSR count). The summed E-state index contributed by atoms with van der Waals surface area (Å²) < 4.78 is 20.0. The fourth-order valence-corrected chi connectivity index (χ4v) is 2.16. The van der Waals surface area contributed by atoms with Crippen molar-refractivity contribution in [3.63, 3.8) is 0 Å². The molecule has 1 atom stereocenters. The molecule has 1 unspecified atom stereocenters. The van der Waals surface area contributed by atoms with Crippen LogP contribution >= 0.6 is 7.78 Å². The van der Waals surface area contributed by atoms with E-state index in [9.17, 15) is 8.42 Å². The zero-order valence-electron chi connectivity index (χ0n) is 5.59. The Morgan fingerprint density at radius 3 is 2.44 bits per heavy atom. The monoisotopic (exact) mass is 168 g/mol. The van der Waals surface area contributed by atoms with Gasteiger partial charge in [-0.25, -0.2) is 8.42 Å². The maximum Gasteiger partial charge on any atom is 0.154 e. The van der Waals surface area contributed by atoms with Crippen LogP contribution < -0.4 is 0 Å². The normalized spacial score (nSPS) is 11.8. The Bertz CT molecular complexity index is 114. The molecule has 0 amide bonds. The molecule has 2 nitrogen and oxygen atoms in total. The molecule has 0 saturated heterocycles. The molecule has 0 aliphatic heterocycles. The van der Waals surface area contributed by atoms with Gasteiger partial charge in [-0.15, -0.1) is 0 Å². The smallest absolute Gasteiger partial charge is 0.154 e. The molecule has 0 aliphatic carbocycles. The van der Waals surface area contributed by atoms with Gasteiger partial charge in [0.1, 0.15) is 0 Å². The van der Waals surface area contributed by atoms with Gasteiger partial charge in [-0.2, -0.15) is 0 Å². The molecule has 4 heteroatoms. The van der Waals surface area contributed by atoms with Crippen LogP contribution in [0.1, 0.15) is 26.2 Å². The van der Waals surface area contributed by atoms with Crippen LogP contribution in [-0.4, -0.2) is 14.6 Å². The Morgan fingerprint density at radius 2 is 2.00 bits per heavy atom. The van der Waals surface area contributed by atoms with Gasteiger partial charge in [0.25, 0.3) is 0 Å². The van der Waals surface area contributed by atoms with Crippen LogP contribution in [-0.2, 0) is 10.3 Å². The third-order valence-electron chi connectivity index (χ3n) is 1.02. The fourth-order valence-electron chi connectivity index (χ4n) is 0.545. The lowest BCUT2D eigenvalue weighted by atomic mass is 10.3. The van der Waals surface area contributed by atoms with Crippen LogP contribution in [0.3, 0.4) is 0 Å². The average molecular weight is 168 g/mol. The summed E-state index contributed by atoms with van der Waals surface area (Å²) in [4.78, 5) is 0. The summed E-state index contributed by atoms with van der Waals surface area (Å²) in [6, 6.07) is 0. The van der Waals surface area contributed by atoms with Crippen molar-refractivity contribution in [1.82, 2.24) is 0 Å². The van der Waals surface area contributed by atoms with Crippen molar-refractivity contribution in [3.05, 3.63) is 0 Å². The van der Waals surface area contributed by atoms with Crippen molar-refractivity contribution in [3.8, 4) is 0 Å². The van der Waals surface area contributed by atoms with E-state index in [1.54, 1.807) is 0 Å². The highest BCUT2D eigenvalue weighted by Crippen LogP contribution is 2.12. The molecule has 0 N–H and O–H groups in total. The number of thiol groups is 1. The van der Waals surface area contributed by atoms with Crippen LogP contribution in [0.25, 0.3) is 0 Å². The van der Waals surface area contributed by atoms with E-state index in [0.29, 0.717) is 0 Å². The van der Waals surface area contributed by atoms with Crippen LogP contribution in [0.4, 0.5) is 0 Å². The summed E-state index contributed by atoms with van der Waals surface area (Å²) in [6.45, 7) is 2.11. The van der Waals surface area contributed by atoms with E-state index in [-0.39, 0.29) is 7.78 Å². The lowest BCUT2D eigenvalue weighted by Gasteiger charge is -1.90. The number of unbranched alkanes of at least 4 members (excludes halogenated alkanes) is 2. The van der Waals surface area contributed by atoms with Crippen molar-refractivity contribution in [2.45, 2.75) is 26.2 Å². The summed E-state index contributed by atoms with van der Waals surface area (Å²) >= 11 is 0. The molecule has 0 aliphatic rings. The van der Waals surface area contributed by atoms with Gasteiger partial charge in [0, 0.05) is 7.78 Å². The molecular weight excluding hydrogens is 155 g/mol. The van der Waals surface area contributed by atoms with Gasteiger partial charge >= 0.3 is 0 Å². The predicted octanol–water partition coefficient (Wildman–Crippen LogP) is 1.38. The maximum absolute atomic E-state index is 10.0. The lowest BCUT2D eigenvalue weighted by Crippen LogP contribution is -1.76. The molecular formula is C5H13O2PS. The Labute approximate surface area is 59.5 Å². The summed E-state index contributed by atoms with van der Waals surface area (Å²) in [5.74, 6) is 0. The first kappa shape index (κ1) is 9.38. The minimum Gasteiger partial charge on any atom is -0.228 e. The topological polar surface area (TPSA) is 34.1 Å². The zero-order valence-corrected chi connectivity index (χ0v) is 7.49. The van der Waals surface area contributed by atoms with E-state index < -0.39 is 10.3 Å². The molecule has 0 aromatic rings.